The van der Waals surface area contributed by atoms with Gasteiger partial charge < -0.3 is 9.84 Å². The minimum Gasteiger partial charge on any atom is -0.394 e. The van der Waals surface area contributed by atoms with Crippen LogP contribution < -0.4 is 0 Å². The van der Waals surface area contributed by atoms with E-state index in [-0.39, 0.29) is 6.61 Å². The number of hydrogen-bond donors (Lipinski definition) is 1. The summed E-state index contributed by atoms with van der Waals surface area (Å²) < 4.78 is 5.42. The van der Waals surface area contributed by atoms with Crippen LogP contribution in [0.15, 0.2) is 48.5 Å². The summed E-state index contributed by atoms with van der Waals surface area (Å²) >= 11 is 0. The first-order chi connectivity index (χ1) is 8.83. The van der Waals surface area contributed by atoms with Crippen molar-refractivity contribution in [2.75, 3.05) is 13.2 Å². The van der Waals surface area contributed by atoms with Gasteiger partial charge in [0, 0.05) is 0 Å². The van der Waals surface area contributed by atoms with E-state index in [2.05, 4.69) is 31.2 Å². The van der Waals surface area contributed by atoms with Crippen molar-refractivity contribution in [1.82, 2.24) is 0 Å². The van der Waals surface area contributed by atoms with Crippen molar-refractivity contribution in [2.24, 2.45) is 0 Å². The molecule has 2 aromatic carbocycles. The number of benzene rings is 2. The minimum absolute atomic E-state index is 0.0620. The van der Waals surface area contributed by atoms with Crippen LogP contribution in [0, 0.1) is 6.92 Å². The molecule has 0 aliphatic heterocycles. The molecule has 0 radical (unpaired) electrons. The van der Waals surface area contributed by atoms with Crippen LogP contribution in [-0.2, 0) is 11.3 Å². The summed E-state index contributed by atoms with van der Waals surface area (Å²) in [4.78, 5) is 0. The number of aryl methyl sites for hydroxylation is 1. The van der Waals surface area contributed by atoms with Gasteiger partial charge in [0.05, 0.1) is 19.8 Å². The third kappa shape index (κ3) is 2.97. The first-order valence-electron chi connectivity index (χ1n) is 6.15. The molecular weight excluding hydrogens is 224 g/mol. The molecule has 0 amide bonds. The van der Waals surface area contributed by atoms with E-state index in [0.717, 1.165) is 5.56 Å². The largest absolute Gasteiger partial charge is 0.394 e. The van der Waals surface area contributed by atoms with Crippen molar-refractivity contribution >= 4 is 0 Å². The van der Waals surface area contributed by atoms with Gasteiger partial charge in [0.25, 0.3) is 0 Å². The molecule has 1 N–H and O–H groups in total. The van der Waals surface area contributed by atoms with Crippen LogP contribution in [0.3, 0.4) is 0 Å². The van der Waals surface area contributed by atoms with Crippen LogP contribution in [0.25, 0.3) is 11.1 Å². The van der Waals surface area contributed by atoms with E-state index >= 15 is 0 Å². The topological polar surface area (TPSA) is 29.5 Å². The second kappa shape index (κ2) is 6.34. The number of aliphatic hydroxyl groups excluding tert-OH is 1. The maximum absolute atomic E-state index is 8.75. The first kappa shape index (κ1) is 12.8. The molecule has 0 aromatic heterocycles. The lowest BCUT2D eigenvalue weighted by atomic mass is 9.96. The molecule has 0 saturated heterocycles. The summed E-state index contributed by atoms with van der Waals surface area (Å²) in [5, 5.41) is 8.75. The molecule has 0 fully saturated rings. The molecule has 0 atom stereocenters. The van der Waals surface area contributed by atoms with Gasteiger partial charge in [0.15, 0.2) is 0 Å². The van der Waals surface area contributed by atoms with Crippen LogP contribution in [0.5, 0.6) is 0 Å². The third-order valence-electron chi connectivity index (χ3n) is 2.95. The van der Waals surface area contributed by atoms with Crippen molar-refractivity contribution < 1.29 is 9.84 Å². The Bertz CT molecular complexity index is 506. The molecular formula is C16H18O2. The zero-order valence-electron chi connectivity index (χ0n) is 10.6. The van der Waals surface area contributed by atoms with Crippen molar-refractivity contribution in [3.8, 4) is 11.1 Å². The van der Waals surface area contributed by atoms with Gasteiger partial charge >= 0.3 is 0 Å². The summed E-state index contributed by atoms with van der Waals surface area (Å²) in [6, 6.07) is 16.6. The average Bonchev–Trinajstić information content (AvgIpc) is 2.40. The van der Waals surface area contributed by atoms with Crippen molar-refractivity contribution in [2.45, 2.75) is 13.5 Å². The van der Waals surface area contributed by atoms with Gasteiger partial charge in [-0.25, -0.2) is 0 Å². The number of ether oxygens (including phenoxy) is 1. The van der Waals surface area contributed by atoms with E-state index in [0.29, 0.717) is 13.2 Å². The quantitative estimate of drug-likeness (QED) is 0.816. The van der Waals surface area contributed by atoms with Gasteiger partial charge in [-0.15, -0.1) is 0 Å². The van der Waals surface area contributed by atoms with E-state index < -0.39 is 0 Å². The highest BCUT2D eigenvalue weighted by Crippen LogP contribution is 2.27. The molecule has 0 saturated carbocycles. The minimum atomic E-state index is 0.0620. The fourth-order valence-electron chi connectivity index (χ4n) is 2.03. The highest BCUT2D eigenvalue weighted by molar-refractivity contribution is 5.70. The molecule has 18 heavy (non-hydrogen) atoms. The van der Waals surface area contributed by atoms with Gasteiger partial charge in [-0.1, -0.05) is 48.5 Å². The summed E-state index contributed by atoms with van der Waals surface area (Å²) in [5.74, 6) is 0. The molecule has 2 heteroatoms. The van der Waals surface area contributed by atoms with E-state index in [1.807, 2.05) is 24.3 Å². The fraction of sp³-hybridized carbons (Fsp3) is 0.250. The molecule has 0 unspecified atom stereocenters. The Hall–Kier alpha value is -1.64. The Balaban J connectivity index is 2.30. The van der Waals surface area contributed by atoms with Crippen molar-refractivity contribution in [3.63, 3.8) is 0 Å². The lowest BCUT2D eigenvalue weighted by molar-refractivity contribution is 0.0818. The summed E-state index contributed by atoms with van der Waals surface area (Å²) in [5.41, 5.74) is 4.85. The molecule has 2 rings (SSSR count). The van der Waals surface area contributed by atoms with Crippen LogP contribution >= 0.6 is 0 Å². The Morgan fingerprint density at radius 1 is 0.944 bits per heavy atom. The predicted molar refractivity (Wildman–Crippen MR) is 73.4 cm³/mol. The van der Waals surface area contributed by atoms with Gasteiger partial charge in [0.1, 0.15) is 0 Å². The first-order valence-corrected chi connectivity index (χ1v) is 6.15. The Morgan fingerprint density at radius 3 is 2.33 bits per heavy atom. The second-order valence-electron chi connectivity index (χ2n) is 4.25. The van der Waals surface area contributed by atoms with Crippen LogP contribution in [0.4, 0.5) is 0 Å². The van der Waals surface area contributed by atoms with Crippen LogP contribution in [0.2, 0.25) is 0 Å². The molecule has 0 heterocycles. The molecule has 2 aromatic rings. The number of hydrogen-bond acceptors (Lipinski definition) is 2. The molecule has 94 valence electrons. The summed E-state index contributed by atoms with van der Waals surface area (Å²) in [6.45, 7) is 3.08. The highest BCUT2D eigenvalue weighted by Gasteiger charge is 2.06. The van der Waals surface area contributed by atoms with Gasteiger partial charge in [0.2, 0.25) is 0 Å². The predicted octanol–water partition coefficient (Wildman–Crippen LogP) is 3.17. The maximum Gasteiger partial charge on any atom is 0.0724 e. The standard InChI is InChI=1S/C16H18O2/c1-13-6-2-4-8-15(13)16-9-5-3-7-14(16)12-18-11-10-17/h2-9,17H,10-12H2,1H3. The molecule has 0 bridgehead atoms. The van der Waals surface area contributed by atoms with Gasteiger partial charge in [-0.3, -0.25) is 0 Å². The second-order valence-corrected chi connectivity index (χ2v) is 4.25. The average molecular weight is 242 g/mol. The Kier molecular flexibility index (Phi) is 4.51. The molecule has 0 aliphatic rings. The van der Waals surface area contributed by atoms with Crippen LogP contribution in [-0.4, -0.2) is 18.3 Å². The smallest absolute Gasteiger partial charge is 0.0724 e. The Morgan fingerprint density at radius 2 is 1.61 bits per heavy atom. The fourth-order valence-corrected chi connectivity index (χ4v) is 2.03. The van der Waals surface area contributed by atoms with Gasteiger partial charge in [-0.05, 0) is 29.2 Å². The lowest BCUT2D eigenvalue weighted by Gasteiger charge is -2.12. The van der Waals surface area contributed by atoms with Crippen molar-refractivity contribution in [1.29, 1.82) is 0 Å². The Labute approximate surface area is 108 Å². The summed E-state index contributed by atoms with van der Waals surface area (Å²) in [7, 11) is 0. The highest BCUT2D eigenvalue weighted by atomic mass is 16.5. The van der Waals surface area contributed by atoms with E-state index in [4.69, 9.17) is 9.84 Å². The lowest BCUT2D eigenvalue weighted by Crippen LogP contribution is -2.00. The molecule has 0 spiro atoms. The monoisotopic (exact) mass is 242 g/mol. The zero-order chi connectivity index (χ0) is 12.8. The van der Waals surface area contributed by atoms with E-state index in [9.17, 15) is 0 Å². The summed E-state index contributed by atoms with van der Waals surface area (Å²) in [6.07, 6.45) is 0. The van der Waals surface area contributed by atoms with Crippen molar-refractivity contribution in [3.05, 3.63) is 59.7 Å². The van der Waals surface area contributed by atoms with E-state index in [1.165, 1.54) is 16.7 Å². The zero-order valence-corrected chi connectivity index (χ0v) is 10.6. The third-order valence-corrected chi connectivity index (χ3v) is 2.95. The maximum atomic E-state index is 8.75. The number of rotatable bonds is 5. The SMILES string of the molecule is Cc1ccccc1-c1ccccc1COCCO. The molecule has 0 aliphatic carbocycles. The normalized spacial score (nSPS) is 10.6. The van der Waals surface area contributed by atoms with Gasteiger partial charge in [-0.2, -0.15) is 0 Å². The number of aliphatic hydroxyl groups is 1. The van der Waals surface area contributed by atoms with E-state index in [1.54, 1.807) is 0 Å². The molecule has 2 nitrogen and oxygen atoms in total. The van der Waals surface area contributed by atoms with Crippen LogP contribution in [0.1, 0.15) is 11.1 Å².